The lowest BCUT2D eigenvalue weighted by atomic mass is 10.0. The van der Waals surface area contributed by atoms with Crippen molar-refractivity contribution in [3.63, 3.8) is 0 Å². The first-order valence-corrected chi connectivity index (χ1v) is 5.14. The molecule has 0 saturated carbocycles. The van der Waals surface area contributed by atoms with Gasteiger partial charge in [-0.25, -0.2) is 0 Å². The number of hydrogen-bond donors (Lipinski definition) is 3. The Hall–Kier alpha value is -1.23. The fourth-order valence-corrected chi connectivity index (χ4v) is 1.43. The number of carbonyl (C=O) groups is 1. The van der Waals surface area contributed by atoms with Gasteiger partial charge in [-0.05, 0) is 18.9 Å². The van der Waals surface area contributed by atoms with Gasteiger partial charge < -0.3 is 15.3 Å². The van der Waals surface area contributed by atoms with E-state index in [0.29, 0.717) is 11.1 Å². The highest BCUT2D eigenvalue weighted by Crippen LogP contribution is 2.19. The van der Waals surface area contributed by atoms with Crippen LogP contribution in [0.25, 0.3) is 0 Å². The molecule has 4 nitrogen and oxygen atoms in total. The summed E-state index contributed by atoms with van der Waals surface area (Å²) in [4.78, 5) is 11.0. The van der Waals surface area contributed by atoms with Crippen LogP contribution in [0.1, 0.15) is 35.4 Å². The minimum absolute atomic E-state index is 0.0445. The van der Waals surface area contributed by atoms with E-state index in [4.69, 9.17) is 5.11 Å². The third kappa shape index (κ3) is 3.13. The van der Waals surface area contributed by atoms with Gasteiger partial charge in [-0.15, -0.1) is 0 Å². The van der Waals surface area contributed by atoms with E-state index in [2.05, 4.69) is 0 Å². The molecule has 0 bridgehead atoms. The average Bonchev–Trinajstić information content (AvgIpc) is 2.28. The van der Waals surface area contributed by atoms with Crippen molar-refractivity contribution in [2.45, 2.75) is 25.6 Å². The van der Waals surface area contributed by atoms with Gasteiger partial charge in [-0.1, -0.05) is 24.3 Å². The standard InChI is InChI=1S/C12H16O4/c1-8(14)9-2-4-10(5-3-9)12(16)11(15)6-7-13/h2-5,11-13,15-16H,6-7H2,1H3. The number of benzene rings is 1. The van der Waals surface area contributed by atoms with Crippen molar-refractivity contribution in [1.82, 2.24) is 0 Å². The molecule has 0 spiro atoms. The Morgan fingerprint density at radius 2 is 1.81 bits per heavy atom. The molecule has 0 radical (unpaired) electrons. The number of carbonyl (C=O) groups excluding carboxylic acids is 1. The lowest BCUT2D eigenvalue weighted by Gasteiger charge is -2.17. The molecule has 2 atom stereocenters. The molecule has 16 heavy (non-hydrogen) atoms. The first-order chi connectivity index (χ1) is 7.56. The smallest absolute Gasteiger partial charge is 0.159 e. The van der Waals surface area contributed by atoms with Gasteiger partial charge in [0.1, 0.15) is 6.10 Å². The van der Waals surface area contributed by atoms with E-state index in [1.54, 1.807) is 24.3 Å². The Kier molecular flexibility index (Phi) is 4.61. The van der Waals surface area contributed by atoms with E-state index in [-0.39, 0.29) is 18.8 Å². The molecule has 0 saturated heterocycles. The molecule has 3 N–H and O–H groups in total. The van der Waals surface area contributed by atoms with Gasteiger partial charge in [0.25, 0.3) is 0 Å². The molecule has 88 valence electrons. The first-order valence-electron chi connectivity index (χ1n) is 5.14. The van der Waals surface area contributed by atoms with Gasteiger partial charge >= 0.3 is 0 Å². The summed E-state index contributed by atoms with van der Waals surface area (Å²) < 4.78 is 0. The van der Waals surface area contributed by atoms with Gasteiger partial charge in [-0.2, -0.15) is 0 Å². The summed E-state index contributed by atoms with van der Waals surface area (Å²) in [6.45, 7) is 1.29. The van der Waals surface area contributed by atoms with E-state index in [0.717, 1.165) is 0 Å². The average molecular weight is 224 g/mol. The quantitative estimate of drug-likeness (QED) is 0.642. The molecule has 0 fully saturated rings. The van der Waals surface area contributed by atoms with Crippen LogP contribution in [0.3, 0.4) is 0 Å². The summed E-state index contributed by atoms with van der Waals surface area (Å²) in [5.74, 6) is -0.0445. The fraction of sp³-hybridized carbons (Fsp3) is 0.417. The molecular weight excluding hydrogens is 208 g/mol. The predicted octanol–water partition coefficient (Wildman–Crippen LogP) is 0.666. The van der Waals surface area contributed by atoms with Crippen molar-refractivity contribution < 1.29 is 20.1 Å². The summed E-state index contributed by atoms with van der Waals surface area (Å²) in [7, 11) is 0. The van der Waals surface area contributed by atoms with Crippen LogP contribution in [-0.2, 0) is 0 Å². The molecule has 0 aliphatic heterocycles. The van der Waals surface area contributed by atoms with Crippen LogP contribution in [0.2, 0.25) is 0 Å². The van der Waals surface area contributed by atoms with Crippen LogP contribution in [0.4, 0.5) is 0 Å². The Morgan fingerprint density at radius 1 is 1.25 bits per heavy atom. The lowest BCUT2D eigenvalue weighted by molar-refractivity contribution is 0.00421. The Balaban J connectivity index is 2.77. The molecule has 0 heterocycles. The van der Waals surface area contributed by atoms with Crippen LogP contribution >= 0.6 is 0 Å². The third-order valence-electron chi connectivity index (χ3n) is 2.45. The molecular formula is C12H16O4. The topological polar surface area (TPSA) is 77.8 Å². The highest BCUT2D eigenvalue weighted by molar-refractivity contribution is 5.94. The second-order valence-electron chi connectivity index (χ2n) is 3.70. The first kappa shape index (κ1) is 12.8. The van der Waals surface area contributed by atoms with Crippen molar-refractivity contribution >= 4 is 5.78 Å². The van der Waals surface area contributed by atoms with Gasteiger partial charge in [0.05, 0.1) is 6.10 Å². The lowest BCUT2D eigenvalue weighted by Crippen LogP contribution is -2.19. The summed E-state index contributed by atoms with van der Waals surface area (Å²) in [6.07, 6.45) is -1.91. The fourth-order valence-electron chi connectivity index (χ4n) is 1.43. The molecule has 4 heteroatoms. The van der Waals surface area contributed by atoms with Crippen LogP contribution in [-0.4, -0.2) is 33.8 Å². The van der Waals surface area contributed by atoms with Gasteiger partial charge in [0.15, 0.2) is 5.78 Å². The normalized spacial score (nSPS) is 14.5. The van der Waals surface area contributed by atoms with Crippen LogP contribution in [0, 0.1) is 0 Å². The molecule has 1 rings (SSSR count). The van der Waals surface area contributed by atoms with Crippen molar-refractivity contribution in [3.8, 4) is 0 Å². The van der Waals surface area contributed by atoms with Crippen molar-refractivity contribution in [2.24, 2.45) is 0 Å². The number of hydrogen-bond acceptors (Lipinski definition) is 4. The minimum atomic E-state index is -1.03. The number of aliphatic hydroxyl groups is 3. The number of aliphatic hydroxyl groups excluding tert-OH is 3. The van der Waals surface area contributed by atoms with Crippen molar-refractivity contribution in [3.05, 3.63) is 35.4 Å². The highest BCUT2D eigenvalue weighted by atomic mass is 16.3. The number of rotatable bonds is 5. The monoisotopic (exact) mass is 224 g/mol. The molecule has 0 aliphatic carbocycles. The zero-order chi connectivity index (χ0) is 12.1. The van der Waals surface area contributed by atoms with E-state index in [9.17, 15) is 15.0 Å². The van der Waals surface area contributed by atoms with Crippen molar-refractivity contribution in [1.29, 1.82) is 0 Å². The summed E-state index contributed by atoms with van der Waals surface area (Å²) in [6, 6.07) is 6.41. The molecule has 0 aliphatic rings. The predicted molar refractivity (Wildman–Crippen MR) is 59.1 cm³/mol. The molecule has 2 unspecified atom stereocenters. The van der Waals surface area contributed by atoms with E-state index >= 15 is 0 Å². The highest BCUT2D eigenvalue weighted by Gasteiger charge is 2.17. The van der Waals surface area contributed by atoms with E-state index in [1.165, 1.54) is 6.92 Å². The molecule has 0 aromatic heterocycles. The third-order valence-corrected chi connectivity index (χ3v) is 2.45. The zero-order valence-corrected chi connectivity index (χ0v) is 9.13. The van der Waals surface area contributed by atoms with Gasteiger partial charge in [0.2, 0.25) is 0 Å². The van der Waals surface area contributed by atoms with E-state index < -0.39 is 12.2 Å². The summed E-state index contributed by atoms with van der Waals surface area (Å²) >= 11 is 0. The Labute approximate surface area is 94.2 Å². The maximum absolute atomic E-state index is 11.0. The largest absolute Gasteiger partial charge is 0.396 e. The maximum atomic E-state index is 11.0. The SMILES string of the molecule is CC(=O)c1ccc(C(O)C(O)CCO)cc1. The van der Waals surface area contributed by atoms with Gasteiger partial charge in [-0.3, -0.25) is 4.79 Å². The Morgan fingerprint density at radius 3 is 2.25 bits per heavy atom. The number of Topliss-reactive ketones (excluding diaryl/α,β-unsaturated/α-hetero) is 1. The van der Waals surface area contributed by atoms with Crippen LogP contribution in [0.15, 0.2) is 24.3 Å². The van der Waals surface area contributed by atoms with Gasteiger partial charge in [0, 0.05) is 12.2 Å². The van der Waals surface area contributed by atoms with Crippen LogP contribution < -0.4 is 0 Å². The summed E-state index contributed by atoms with van der Waals surface area (Å²) in [5, 5.41) is 27.8. The number of ketones is 1. The molecule has 1 aromatic carbocycles. The molecule has 0 amide bonds. The summed E-state index contributed by atoms with van der Waals surface area (Å²) in [5.41, 5.74) is 1.10. The zero-order valence-electron chi connectivity index (χ0n) is 9.13. The Bertz CT molecular complexity index is 345. The van der Waals surface area contributed by atoms with E-state index in [1.807, 2.05) is 0 Å². The second-order valence-corrected chi connectivity index (χ2v) is 3.70. The molecule has 1 aromatic rings. The van der Waals surface area contributed by atoms with Crippen molar-refractivity contribution in [2.75, 3.05) is 6.61 Å². The maximum Gasteiger partial charge on any atom is 0.159 e. The van der Waals surface area contributed by atoms with Crippen LogP contribution in [0.5, 0.6) is 0 Å². The minimum Gasteiger partial charge on any atom is -0.396 e. The second kappa shape index (κ2) is 5.75.